The van der Waals surface area contributed by atoms with Crippen LogP contribution in [0, 0.1) is 0 Å². The monoisotopic (exact) mass is 350 g/mol. The molecule has 0 aliphatic carbocycles. The van der Waals surface area contributed by atoms with E-state index in [1.165, 1.54) is 25.3 Å². The number of carbonyl (C=O) groups is 2. The molecule has 0 fully saturated rings. The standard InChI is InChI=1S/C16H22N4O5/c1-25-13(9-10-4-6-11(21)7-5-10)14(22)20-16(18)19-8-2-3-12(17)15(23)24/h4-7,9,12,21H,2-3,8,17H2,1H3,(H,23,24)(H3,18,19,20,22)/t12-/m0/s1. The van der Waals surface area contributed by atoms with Crippen LogP contribution >= 0.6 is 0 Å². The van der Waals surface area contributed by atoms with Crippen LogP contribution in [0.25, 0.3) is 6.08 Å². The van der Waals surface area contributed by atoms with Crippen LogP contribution in [0.15, 0.2) is 35.0 Å². The van der Waals surface area contributed by atoms with Crippen molar-refractivity contribution in [1.29, 1.82) is 0 Å². The Kier molecular flexibility index (Phi) is 7.94. The minimum atomic E-state index is -1.07. The Morgan fingerprint density at radius 1 is 1.36 bits per heavy atom. The van der Waals surface area contributed by atoms with Crippen molar-refractivity contribution in [1.82, 2.24) is 5.32 Å². The summed E-state index contributed by atoms with van der Waals surface area (Å²) < 4.78 is 5.02. The van der Waals surface area contributed by atoms with Crippen molar-refractivity contribution in [2.45, 2.75) is 18.9 Å². The van der Waals surface area contributed by atoms with E-state index >= 15 is 0 Å². The maximum Gasteiger partial charge on any atom is 0.320 e. The number of carbonyl (C=O) groups excluding carboxylic acids is 1. The Morgan fingerprint density at radius 3 is 2.56 bits per heavy atom. The van der Waals surface area contributed by atoms with Gasteiger partial charge < -0.3 is 26.4 Å². The van der Waals surface area contributed by atoms with Gasteiger partial charge in [0.2, 0.25) is 0 Å². The number of hydrogen-bond acceptors (Lipinski definition) is 6. The Bertz CT molecular complexity index is 655. The van der Waals surface area contributed by atoms with Crippen molar-refractivity contribution >= 4 is 23.9 Å². The molecule has 0 heterocycles. The number of phenolic OH excluding ortho intramolecular Hbond substituents is 1. The molecular formula is C16H22N4O5. The topological polar surface area (TPSA) is 160 Å². The molecule has 25 heavy (non-hydrogen) atoms. The van der Waals surface area contributed by atoms with Gasteiger partial charge in [-0.3, -0.25) is 19.9 Å². The Morgan fingerprint density at radius 2 is 2.00 bits per heavy atom. The number of aliphatic carboxylic acids is 1. The highest BCUT2D eigenvalue weighted by atomic mass is 16.5. The lowest BCUT2D eigenvalue weighted by Crippen LogP contribution is -2.38. The second kappa shape index (κ2) is 9.93. The van der Waals surface area contributed by atoms with Gasteiger partial charge >= 0.3 is 5.97 Å². The summed E-state index contributed by atoms with van der Waals surface area (Å²) in [6, 6.07) is 5.25. The highest BCUT2D eigenvalue weighted by Gasteiger charge is 2.12. The Balaban J connectivity index is 2.58. The number of carboxylic acid groups (broad SMARTS) is 1. The van der Waals surface area contributed by atoms with Crippen LogP contribution in [0.3, 0.4) is 0 Å². The third-order valence-electron chi connectivity index (χ3n) is 3.15. The Hall–Kier alpha value is -3.07. The summed E-state index contributed by atoms with van der Waals surface area (Å²) in [5.41, 5.74) is 11.6. The van der Waals surface area contributed by atoms with E-state index in [9.17, 15) is 14.7 Å². The van der Waals surface area contributed by atoms with Gasteiger partial charge in [0.05, 0.1) is 7.11 Å². The molecule has 0 aromatic heterocycles. The van der Waals surface area contributed by atoms with Crippen LogP contribution in [-0.2, 0) is 14.3 Å². The lowest BCUT2D eigenvalue weighted by Gasteiger charge is -2.08. The second-order valence-corrected chi connectivity index (χ2v) is 5.11. The number of guanidine groups is 1. The fourth-order valence-electron chi connectivity index (χ4n) is 1.79. The third-order valence-corrected chi connectivity index (χ3v) is 3.15. The number of hydrogen-bond donors (Lipinski definition) is 5. The van der Waals surface area contributed by atoms with Crippen LogP contribution in [0.1, 0.15) is 18.4 Å². The zero-order valence-corrected chi connectivity index (χ0v) is 13.8. The fraction of sp³-hybridized carbons (Fsp3) is 0.312. The average Bonchev–Trinajstić information content (AvgIpc) is 2.57. The van der Waals surface area contributed by atoms with Crippen LogP contribution in [0.4, 0.5) is 0 Å². The first-order valence-electron chi connectivity index (χ1n) is 7.48. The third kappa shape index (κ3) is 7.36. The van der Waals surface area contributed by atoms with E-state index in [0.29, 0.717) is 12.0 Å². The predicted molar refractivity (Wildman–Crippen MR) is 92.6 cm³/mol. The maximum absolute atomic E-state index is 12.1. The quantitative estimate of drug-likeness (QED) is 0.145. The normalized spacial score (nSPS) is 13.2. The first kappa shape index (κ1) is 20.0. The van der Waals surface area contributed by atoms with Crippen molar-refractivity contribution in [2.75, 3.05) is 13.7 Å². The Labute approximate surface area is 145 Å². The molecule has 7 N–H and O–H groups in total. The van der Waals surface area contributed by atoms with Gasteiger partial charge in [-0.1, -0.05) is 12.1 Å². The number of nitrogens with zero attached hydrogens (tertiary/aromatic N) is 1. The van der Waals surface area contributed by atoms with Crippen molar-refractivity contribution < 1.29 is 24.5 Å². The summed E-state index contributed by atoms with van der Waals surface area (Å²) in [7, 11) is 1.34. The summed E-state index contributed by atoms with van der Waals surface area (Å²) in [6.07, 6.45) is 2.16. The SMILES string of the molecule is COC(=Cc1ccc(O)cc1)C(=O)NC(N)=NCCC[C@H](N)C(=O)O. The zero-order valence-electron chi connectivity index (χ0n) is 13.8. The minimum absolute atomic E-state index is 0.0109. The van der Waals surface area contributed by atoms with Gasteiger partial charge in [0.25, 0.3) is 5.91 Å². The molecule has 1 rings (SSSR count). The number of amides is 1. The van der Waals surface area contributed by atoms with Gasteiger partial charge in [-0.05, 0) is 36.6 Å². The summed E-state index contributed by atoms with van der Waals surface area (Å²) >= 11 is 0. The van der Waals surface area contributed by atoms with Crippen LogP contribution < -0.4 is 16.8 Å². The number of nitrogens with two attached hydrogens (primary N) is 2. The number of aromatic hydroxyl groups is 1. The molecule has 0 aliphatic rings. The van der Waals surface area contributed by atoms with E-state index in [1.54, 1.807) is 12.1 Å². The van der Waals surface area contributed by atoms with Crippen molar-refractivity contribution in [3.05, 3.63) is 35.6 Å². The van der Waals surface area contributed by atoms with E-state index in [2.05, 4.69) is 10.3 Å². The van der Waals surface area contributed by atoms with Gasteiger partial charge in [-0.2, -0.15) is 0 Å². The van der Waals surface area contributed by atoms with Gasteiger partial charge in [0.1, 0.15) is 11.8 Å². The molecule has 9 heteroatoms. The number of phenols is 1. The molecule has 0 aliphatic heterocycles. The van der Waals surface area contributed by atoms with Gasteiger partial charge in [0.15, 0.2) is 11.7 Å². The van der Waals surface area contributed by atoms with E-state index < -0.39 is 17.9 Å². The molecule has 1 aromatic carbocycles. The van der Waals surface area contributed by atoms with Crippen molar-refractivity contribution in [2.24, 2.45) is 16.5 Å². The largest absolute Gasteiger partial charge is 0.508 e. The molecular weight excluding hydrogens is 328 g/mol. The number of ether oxygens (including phenoxy) is 1. The molecule has 0 saturated heterocycles. The number of methoxy groups -OCH3 is 1. The maximum atomic E-state index is 12.1. The molecule has 0 radical (unpaired) electrons. The number of carboxylic acids is 1. The zero-order chi connectivity index (χ0) is 18.8. The summed E-state index contributed by atoms with van der Waals surface area (Å²) in [4.78, 5) is 26.6. The van der Waals surface area contributed by atoms with Gasteiger partial charge in [-0.15, -0.1) is 0 Å². The minimum Gasteiger partial charge on any atom is -0.508 e. The van der Waals surface area contributed by atoms with Crippen molar-refractivity contribution in [3.8, 4) is 5.75 Å². The second-order valence-electron chi connectivity index (χ2n) is 5.11. The number of benzene rings is 1. The van der Waals surface area contributed by atoms with E-state index in [0.717, 1.165) is 0 Å². The van der Waals surface area contributed by atoms with Gasteiger partial charge in [0, 0.05) is 6.54 Å². The van der Waals surface area contributed by atoms with Gasteiger partial charge in [-0.25, -0.2) is 0 Å². The number of nitrogens with one attached hydrogen (secondary N) is 1. The lowest BCUT2D eigenvalue weighted by molar-refractivity contribution is -0.138. The molecule has 1 amide bonds. The number of aliphatic imine (C=N–C) groups is 1. The first-order chi connectivity index (χ1) is 11.8. The van der Waals surface area contributed by atoms with Crippen molar-refractivity contribution in [3.63, 3.8) is 0 Å². The van der Waals surface area contributed by atoms with Crippen LogP contribution in [0.2, 0.25) is 0 Å². The lowest BCUT2D eigenvalue weighted by atomic mass is 10.2. The summed E-state index contributed by atoms with van der Waals surface area (Å²) in [5, 5.41) is 20.3. The molecule has 0 spiro atoms. The fourth-order valence-corrected chi connectivity index (χ4v) is 1.79. The molecule has 136 valence electrons. The highest BCUT2D eigenvalue weighted by Crippen LogP contribution is 2.13. The molecule has 1 atom stereocenters. The number of rotatable bonds is 8. The molecule has 0 saturated carbocycles. The smallest absolute Gasteiger partial charge is 0.320 e. The van der Waals surface area contributed by atoms with E-state index in [1.807, 2.05) is 0 Å². The van der Waals surface area contributed by atoms with E-state index in [4.69, 9.17) is 21.3 Å². The molecule has 9 nitrogen and oxygen atoms in total. The van der Waals surface area contributed by atoms with Crippen LogP contribution in [0.5, 0.6) is 5.75 Å². The van der Waals surface area contributed by atoms with Crippen LogP contribution in [-0.4, -0.2) is 47.7 Å². The van der Waals surface area contributed by atoms with E-state index in [-0.39, 0.29) is 30.4 Å². The predicted octanol–water partition coefficient (Wildman–Crippen LogP) is 0.00250. The highest BCUT2D eigenvalue weighted by molar-refractivity contribution is 6.05. The molecule has 1 aromatic rings. The average molecular weight is 350 g/mol. The summed E-state index contributed by atoms with van der Waals surface area (Å²) in [5.74, 6) is -1.65. The molecule has 0 unspecified atom stereocenters. The first-order valence-corrected chi connectivity index (χ1v) is 7.48. The molecule has 0 bridgehead atoms. The summed E-state index contributed by atoms with van der Waals surface area (Å²) in [6.45, 7) is 0.233.